The topological polar surface area (TPSA) is 106 Å². The third-order valence-corrected chi connectivity index (χ3v) is 2.41. The van der Waals surface area contributed by atoms with E-state index in [0.717, 1.165) is 11.1 Å². The summed E-state index contributed by atoms with van der Waals surface area (Å²) in [5.41, 5.74) is 14.9. The molecule has 0 fully saturated rings. The molecule has 0 saturated heterocycles. The molecule has 0 amide bonds. The van der Waals surface area contributed by atoms with Gasteiger partial charge in [0.2, 0.25) is 0 Å². The Morgan fingerprint density at radius 1 is 1.06 bits per heavy atom. The maximum Gasteiger partial charge on any atom is 0.181 e. The van der Waals surface area contributed by atoms with Crippen LogP contribution in [0.15, 0.2) is 30.7 Å². The van der Waals surface area contributed by atoms with Crippen LogP contribution in [0.5, 0.6) is 0 Å². The SMILES string of the molecule is Nc1cc(N)cc(-c2nc3ncncc3[nH]2)c1. The Labute approximate surface area is 96.7 Å². The maximum atomic E-state index is 5.74. The van der Waals surface area contributed by atoms with Crippen LogP contribution in [-0.4, -0.2) is 19.9 Å². The molecule has 0 unspecified atom stereocenters. The molecule has 6 heteroatoms. The summed E-state index contributed by atoms with van der Waals surface area (Å²) in [6, 6.07) is 5.31. The van der Waals surface area contributed by atoms with E-state index in [1.807, 2.05) is 12.1 Å². The number of hydrogen-bond acceptors (Lipinski definition) is 5. The van der Waals surface area contributed by atoms with Gasteiger partial charge in [0.1, 0.15) is 17.7 Å². The predicted octanol–water partition coefficient (Wildman–Crippen LogP) is 1.18. The van der Waals surface area contributed by atoms with Crippen molar-refractivity contribution in [1.82, 2.24) is 19.9 Å². The summed E-state index contributed by atoms with van der Waals surface area (Å²) in [5, 5.41) is 0. The summed E-state index contributed by atoms with van der Waals surface area (Å²) in [6.45, 7) is 0. The van der Waals surface area contributed by atoms with Crippen LogP contribution in [0.4, 0.5) is 11.4 Å². The van der Waals surface area contributed by atoms with Crippen molar-refractivity contribution in [3.8, 4) is 11.4 Å². The van der Waals surface area contributed by atoms with Crippen molar-refractivity contribution in [3.63, 3.8) is 0 Å². The molecule has 2 aromatic heterocycles. The molecule has 84 valence electrons. The van der Waals surface area contributed by atoms with Crippen LogP contribution in [0.2, 0.25) is 0 Å². The largest absolute Gasteiger partial charge is 0.399 e. The van der Waals surface area contributed by atoms with Gasteiger partial charge in [0.05, 0.1) is 6.20 Å². The number of nitrogens with zero attached hydrogens (tertiary/aromatic N) is 3. The first-order chi connectivity index (χ1) is 8.22. The van der Waals surface area contributed by atoms with Crippen LogP contribution >= 0.6 is 0 Å². The van der Waals surface area contributed by atoms with Gasteiger partial charge in [-0.3, -0.25) is 0 Å². The van der Waals surface area contributed by atoms with Gasteiger partial charge in [-0.05, 0) is 18.2 Å². The summed E-state index contributed by atoms with van der Waals surface area (Å²) < 4.78 is 0. The van der Waals surface area contributed by atoms with Crippen molar-refractivity contribution in [3.05, 3.63) is 30.7 Å². The molecule has 0 aliphatic heterocycles. The molecular weight excluding hydrogens is 216 g/mol. The van der Waals surface area contributed by atoms with Crippen molar-refractivity contribution < 1.29 is 0 Å². The lowest BCUT2D eigenvalue weighted by atomic mass is 10.1. The van der Waals surface area contributed by atoms with E-state index >= 15 is 0 Å². The Bertz CT molecular complexity index is 634. The molecule has 0 spiro atoms. The van der Waals surface area contributed by atoms with E-state index < -0.39 is 0 Å². The Morgan fingerprint density at radius 2 is 1.82 bits per heavy atom. The van der Waals surface area contributed by atoms with Gasteiger partial charge in [-0.15, -0.1) is 0 Å². The van der Waals surface area contributed by atoms with Gasteiger partial charge in [-0.2, -0.15) is 0 Å². The minimum Gasteiger partial charge on any atom is -0.399 e. The first-order valence-electron chi connectivity index (χ1n) is 5.04. The van der Waals surface area contributed by atoms with Crippen molar-refractivity contribution in [2.75, 3.05) is 11.5 Å². The van der Waals surface area contributed by atoms with Gasteiger partial charge in [-0.1, -0.05) is 0 Å². The van der Waals surface area contributed by atoms with E-state index in [9.17, 15) is 0 Å². The Kier molecular flexibility index (Phi) is 1.94. The van der Waals surface area contributed by atoms with Crippen LogP contribution in [0.3, 0.4) is 0 Å². The number of anilines is 2. The number of nitrogens with one attached hydrogen (secondary N) is 1. The maximum absolute atomic E-state index is 5.74. The van der Waals surface area contributed by atoms with Crippen LogP contribution in [0.25, 0.3) is 22.6 Å². The number of hydrogen-bond donors (Lipinski definition) is 3. The van der Waals surface area contributed by atoms with E-state index in [-0.39, 0.29) is 0 Å². The van der Waals surface area contributed by atoms with E-state index in [0.29, 0.717) is 22.8 Å². The quantitative estimate of drug-likeness (QED) is 0.540. The zero-order chi connectivity index (χ0) is 11.8. The molecule has 2 heterocycles. The third-order valence-electron chi connectivity index (χ3n) is 2.41. The summed E-state index contributed by atoms with van der Waals surface area (Å²) in [5.74, 6) is 0.680. The molecule has 6 nitrogen and oxygen atoms in total. The molecule has 17 heavy (non-hydrogen) atoms. The van der Waals surface area contributed by atoms with Gasteiger partial charge < -0.3 is 16.5 Å². The van der Waals surface area contributed by atoms with Gasteiger partial charge in [0.25, 0.3) is 0 Å². The lowest BCUT2D eigenvalue weighted by molar-refractivity contribution is 1.20. The van der Waals surface area contributed by atoms with Crippen LogP contribution in [0, 0.1) is 0 Å². The third kappa shape index (κ3) is 1.65. The van der Waals surface area contributed by atoms with E-state index in [1.165, 1.54) is 6.33 Å². The average Bonchev–Trinajstić information content (AvgIpc) is 2.71. The molecule has 0 aliphatic carbocycles. The van der Waals surface area contributed by atoms with Crippen LogP contribution < -0.4 is 11.5 Å². The fourth-order valence-corrected chi connectivity index (χ4v) is 1.71. The number of fused-ring (bicyclic) bond motifs is 1. The van der Waals surface area contributed by atoms with Crippen molar-refractivity contribution in [2.24, 2.45) is 0 Å². The molecule has 0 atom stereocenters. The van der Waals surface area contributed by atoms with Gasteiger partial charge in [0.15, 0.2) is 5.65 Å². The van der Waals surface area contributed by atoms with Gasteiger partial charge in [-0.25, -0.2) is 15.0 Å². The zero-order valence-electron chi connectivity index (χ0n) is 8.88. The molecule has 3 aromatic rings. The monoisotopic (exact) mass is 226 g/mol. The van der Waals surface area contributed by atoms with Crippen LogP contribution in [-0.2, 0) is 0 Å². The zero-order valence-corrected chi connectivity index (χ0v) is 8.88. The van der Waals surface area contributed by atoms with Crippen molar-refractivity contribution >= 4 is 22.5 Å². The van der Waals surface area contributed by atoms with Crippen molar-refractivity contribution in [1.29, 1.82) is 0 Å². The number of benzene rings is 1. The number of rotatable bonds is 1. The van der Waals surface area contributed by atoms with E-state index in [1.54, 1.807) is 12.3 Å². The van der Waals surface area contributed by atoms with Gasteiger partial charge in [0, 0.05) is 16.9 Å². The number of H-pyrrole nitrogens is 1. The molecule has 5 N–H and O–H groups in total. The highest BCUT2D eigenvalue weighted by Gasteiger charge is 2.07. The molecule has 0 radical (unpaired) electrons. The Balaban J connectivity index is 2.20. The Morgan fingerprint density at radius 3 is 2.53 bits per heavy atom. The minimum absolute atomic E-state index is 0.603. The lowest BCUT2D eigenvalue weighted by Crippen LogP contribution is -1.92. The molecule has 1 aromatic carbocycles. The smallest absolute Gasteiger partial charge is 0.181 e. The highest BCUT2D eigenvalue weighted by Crippen LogP contribution is 2.23. The molecular formula is C11H10N6. The average molecular weight is 226 g/mol. The fraction of sp³-hybridized carbons (Fsp3) is 0. The number of aromatic nitrogens is 4. The fourth-order valence-electron chi connectivity index (χ4n) is 1.71. The second-order valence-electron chi connectivity index (χ2n) is 3.73. The first kappa shape index (κ1) is 9.59. The summed E-state index contributed by atoms with van der Waals surface area (Å²) in [4.78, 5) is 15.4. The number of nitrogens with two attached hydrogens (primary N) is 2. The summed E-state index contributed by atoms with van der Waals surface area (Å²) >= 11 is 0. The Hall–Kier alpha value is -2.63. The molecule has 3 rings (SSSR count). The predicted molar refractivity (Wildman–Crippen MR) is 65.9 cm³/mol. The second kappa shape index (κ2) is 3.44. The number of aromatic amines is 1. The lowest BCUT2D eigenvalue weighted by Gasteiger charge is -2.01. The molecule has 0 aliphatic rings. The van der Waals surface area contributed by atoms with Crippen LogP contribution in [0.1, 0.15) is 0 Å². The minimum atomic E-state index is 0.603. The second-order valence-corrected chi connectivity index (χ2v) is 3.73. The number of nitrogen functional groups attached to an aromatic ring is 2. The summed E-state index contributed by atoms with van der Waals surface area (Å²) in [7, 11) is 0. The van der Waals surface area contributed by atoms with E-state index in [4.69, 9.17) is 11.5 Å². The normalized spacial score (nSPS) is 10.8. The molecule has 0 bridgehead atoms. The highest BCUT2D eigenvalue weighted by molar-refractivity contribution is 5.77. The van der Waals surface area contributed by atoms with Crippen molar-refractivity contribution in [2.45, 2.75) is 0 Å². The van der Waals surface area contributed by atoms with E-state index in [2.05, 4.69) is 19.9 Å². The van der Waals surface area contributed by atoms with Gasteiger partial charge >= 0.3 is 0 Å². The first-order valence-corrected chi connectivity index (χ1v) is 5.04. The summed E-state index contributed by atoms with van der Waals surface area (Å²) in [6.07, 6.45) is 3.13. The number of imidazole rings is 1. The standard InChI is InChI=1S/C11H10N6/c12-7-1-6(2-8(13)3-7)10-16-9-4-14-5-15-11(9)17-10/h1-5H,12-13H2,(H,14,15,16,17). The molecule has 0 saturated carbocycles. The highest BCUT2D eigenvalue weighted by atomic mass is 15.0.